The standard InChI is InChI=1S/C16H21NO2/c1-4-18-14-7-5-13(6-8-14)16-10-9-15(19-16)11-17-12(2)3/h5-10,12,17H,4,11H2,1-3H3. The summed E-state index contributed by atoms with van der Waals surface area (Å²) in [5.74, 6) is 2.74. The summed E-state index contributed by atoms with van der Waals surface area (Å²) in [6, 6.07) is 12.4. The normalized spacial score (nSPS) is 10.9. The van der Waals surface area contributed by atoms with E-state index in [0.717, 1.165) is 29.4 Å². The molecule has 0 spiro atoms. The second kappa shape index (κ2) is 6.43. The molecule has 102 valence electrons. The van der Waals surface area contributed by atoms with Gasteiger partial charge in [0.05, 0.1) is 13.2 Å². The smallest absolute Gasteiger partial charge is 0.134 e. The number of furan rings is 1. The van der Waals surface area contributed by atoms with Gasteiger partial charge in [0, 0.05) is 11.6 Å². The van der Waals surface area contributed by atoms with Gasteiger partial charge in [0.15, 0.2) is 0 Å². The minimum Gasteiger partial charge on any atom is -0.494 e. The van der Waals surface area contributed by atoms with Crippen molar-refractivity contribution in [2.75, 3.05) is 6.61 Å². The molecular weight excluding hydrogens is 238 g/mol. The molecular formula is C16H21NO2. The fraction of sp³-hybridized carbons (Fsp3) is 0.375. The zero-order valence-corrected chi connectivity index (χ0v) is 11.8. The molecule has 19 heavy (non-hydrogen) atoms. The zero-order valence-electron chi connectivity index (χ0n) is 11.8. The minimum atomic E-state index is 0.457. The highest BCUT2D eigenvalue weighted by molar-refractivity contribution is 5.58. The van der Waals surface area contributed by atoms with E-state index in [1.165, 1.54) is 0 Å². The molecule has 2 rings (SSSR count). The molecule has 3 nitrogen and oxygen atoms in total. The molecule has 0 fully saturated rings. The van der Waals surface area contributed by atoms with Crippen LogP contribution in [-0.2, 0) is 6.54 Å². The maximum Gasteiger partial charge on any atom is 0.134 e. The molecule has 0 aliphatic rings. The molecule has 0 radical (unpaired) electrons. The number of hydrogen-bond donors (Lipinski definition) is 1. The molecule has 1 N–H and O–H groups in total. The van der Waals surface area contributed by atoms with Crippen LogP contribution in [0.15, 0.2) is 40.8 Å². The van der Waals surface area contributed by atoms with Crippen molar-refractivity contribution in [3.63, 3.8) is 0 Å². The van der Waals surface area contributed by atoms with Gasteiger partial charge in [-0.25, -0.2) is 0 Å². The molecule has 0 saturated heterocycles. The predicted octanol–water partition coefficient (Wildman–Crippen LogP) is 3.84. The molecule has 0 aliphatic carbocycles. The molecule has 1 aromatic heterocycles. The summed E-state index contributed by atoms with van der Waals surface area (Å²) < 4.78 is 11.2. The van der Waals surface area contributed by atoms with Gasteiger partial charge in [-0.2, -0.15) is 0 Å². The first-order chi connectivity index (χ1) is 9.19. The third-order valence-corrected chi connectivity index (χ3v) is 2.80. The third-order valence-electron chi connectivity index (χ3n) is 2.80. The summed E-state index contributed by atoms with van der Waals surface area (Å²) in [6.45, 7) is 7.67. The maximum absolute atomic E-state index is 5.82. The molecule has 3 heteroatoms. The van der Waals surface area contributed by atoms with Gasteiger partial charge in [-0.3, -0.25) is 0 Å². The molecule has 0 amide bonds. The zero-order chi connectivity index (χ0) is 13.7. The Hall–Kier alpha value is -1.74. The lowest BCUT2D eigenvalue weighted by Crippen LogP contribution is -2.21. The first-order valence-electron chi connectivity index (χ1n) is 6.74. The lowest BCUT2D eigenvalue weighted by Gasteiger charge is -2.05. The van der Waals surface area contributed by atoms with E-state index < -0.39 is 0 Å². The Labute approximate surface area is 114 Å². The van der Waals surface area contributed by atoms with E-state index in [0.29, 0.717) is 12.6 Å². The average Bonchev–Trinajstić information content (AvgIpc) is 2.86. The summed E-state index contributed by atoms with van der Waals surface area (Å²) in [5, 5.41) is 3.34. The van der Waals surface area contributed by atoms with Crippen LogP contribution in [0.5, 0.6) is 5.75 Å². The maximum atomic E-state index is 5.82. The summed E-state index contributed by atoms with van der Waals surface area (Å²) in [5.41, 5.74) is 1.07. The monoisotopic (exact) mass is 259 g/mol. The van der Waals surface area contributed by atoms with Gasteiger partial charge in [0.25, 0.3) is 0 Å². The highest BCUT2D eigenvalue weighted by Gasteiger charge is 2.05. The van der Waals surface area contributed by atoms with Gasteiger partial charge < -0.3 is 14.5 Å². The van der Waals surface area contributed by atoms with E-state index in [4.69, 9.17) is 9.15 Å². The molecule has 1 heterocycles. The van der Waals surface area contributed by atoms with Crippen LogP contribution in [0.2, 0.25) is 0 Å². The third kappa shape index (κ3) is 3.86. The van der Waals surface area contributed by atoms with Gasteiger partial charge in [-0.15, -0.1) is 0 Å². The summed E-state index contributed by atoms with van der Waals surface area (Å²) in [7, 11) is 0. The SMILES string of the molecule is CCOc1ccc(-c2ccc(CNC(C)C)o2)cc1. The molecule has 0 atom stereocenters. The van der Waals surface area contributed by atoms with Crippen LogP contribution < -0.4 is 10.1 Å². The molecule has 2 aromatic rings. The van der Waals surface area contributed by atoms with E-state index in [9.17, 15) is 0 Å². The van der Waals surface area contributed by atoms with Crippen molar-refractivity contribution in [2.45, 2.75) is 33.4 Å². The van der Waals surface area contributed by atoms with E-state index >= 15 is 0 Å². The van der Waals surface area contributed by atoms with Crippen molar-refractivity contribution >= 4 is 0 Å². The van der Waals surface area contributed by atoms with E-state index in [-0.39, 0.29) is 0 Å². The van der Waals surface area contributed by atoms with E-state index in [1.54, 1.807) is 0 Å². The Balaban J connectivity index is 2.05. The Kier molecular flexibility index (Phi) is 4.63. The number of benzene rings is 1. The van der Waals surface area contributed by atoms with Gasteiger partial charge in [0.2, 0.25) is 0 Å². The fourth-order valence-corrected chi connectivity index (χ4v) is 1.81. The van der Waals surface area contributed by atoms with Crippen molar-refractivity contribution in [2.24, 2.45) is 0 Å². The van der Waals surface area contributed by atoms with Crippen LogP contribution in [0, 0.1) is 0 Å². The van der Waals surface area contributed by atoms with E-state index in [1.807, 2.05) is 43.3 Å². The van der Waals surface area contributed by atoms with E-state index in [2.05, 4.69) is 19.2 Å². The van der Waals surface area contributed by atoms with Crippen molar-refractivity contribution in [3.8, 4) is 17.1 Å². The number of rotatable bonds is 6. The quantitative estimate of drug-likeness (QED) is 0.855. The number of ether oxygens (including phenoxy) is 1. The molecule has 0 bridgehead atoms. The van der Waals surface area contributed by atoms with Crippen LogP contribution >= 0.6 is 0 Å². The van der Waals surface area contributed by atoms with Crippen molar-refractivity contribution in [1.82, 2.24) is 5.32 Å². The van der Waals surface area contributed by atoms with Crippen molar-refractivity contribution in [3.05, 3.63) is 42.2 Å². The molecule has 0 aliphatic heterocycles. The summed E-state index contributed by atoms with van der Waals surface area (Å²) in [6.07, 6.45) is 0. The molecule has 0 unspecified atom stereocenters. The summed E-state index contributed by atoms with van der Waals surface area (Å²) in [4.78, 5) is 0. The molecule has 1 aromatic carbocycles. The largest absolute Gasteiger partial charge is 0.494 e. The van der Waals surface area contributed by atoms with Crippen LogP contribution in [0.25, 0.3) is 11.3 Å². The Morgan fingerprint density at radius 3 is 2.47 bits per heavy atom. The first-order valence-corrected chi connectivity index (χ1v) is 6.74. The lowest BCUT2D eigenvalue weighted by atomic mass is 10.2. The minimum absolute atomic E-state index is 0.457. The van der Waals surface area contributed by atoms with Crippen LogP contribution in [-0.4, -0.2) is 12.6 Å². The highest BCUT2D eigenvalue weighted by Crippen LogP contribution is 2.24. The fourth-order valence-electron chi connectivity index (χ4n) is 1.81. The highest BCUT2D eigenvalue weighted by atomic mass is 16.5. The van der Waals surface area contributed by atoms with Crippen molar-refractivity contribution < 1.29 is 9.15 Å². The Morgan fingerprint density at radius 2 is 1.84 bits per heavy atom. The van der Waals surface area contributed by atoms with Gasteiger partial charge in [0.1, 0.15) is 17.3 Å². The molecule has 0 saturated carbocycles. The van der Waals surface area contributed by atoms with Crippen LogP contribution in [0.4, 0.5) is 0 Å². The Bertz CT molecular complexity index is 500. The second-order valence-electron chi connectivity index (χ2n) is 4.76. The first kappa shape index (κ1) is 13.7. The Morgan fingerprint density at radius 1 is 1.11 bits per heavy atom. The number of nitrogens with one attached hydrogen (secondary N) is 1. The number of hydrogen-bond acceptors (Lipinski definition) is 3. The van der Waals surface area contributed by atoms with Gasteiger partial charge in [-0.05, 0) is 43.3 Å². The van der Waals surface area contributed by atoms with Gasteiger partial charge >= 0.3 is 0 Å². The van der Waals surface area contributed by atoms with Crippen molar-refractivity contribution in [1.29, 1.82) is 0 Å². The van der Waals surface area contributed by atoms with Crippen LogP contribution in [0.3, 0.4) is 0 Å². The van der Waals surface area contributed by atoms with Crippen LogP contribution in [0.1, 0.15) is 26.5 Å². The predicted molar refractivity (Wildman–Crippen MR) is 77.3 cm³/mol. The topological polar surface area (TPSA) is 34.4 Å². The lowest BCUT2D eigenvalue weighted by molar-refractivity contribution is 0.340. The van der Waals surface area contributed by atoms with Gasteiger partial charge in [-0.1, -0.05) is 13.8 Å². The second-order valence-corrected chi connectivity index (χ2v) is 4.76. The average molecular weight is 259 g/mol. The summed E-state index contributed by atoms with van der Waals surface area (Å²) >= 11 is 0.